The first-order chi connectivity index (χ1) is 17.4. The number of carbonyl (C=O) groups is 1. The van der Waals surface area contributed by atoms with Crippen LogP contribution in [0.4, 0.5) is 20.3 Å². The number of hydrogen-bond acceptors (Lipinski definition) is 5. The van der Waals surface area contributed by atoms with Gasteiger partial charge in [0.25, 0.3) is 10.0 Å². The maximum atomic E-state index is 15.0. The fourth-order valence-corrected chi connectivity index (χ4v) is 4.69. The van der Waals surface area contributed by atoms with Crippen LogP contribution in [0.2, 0.25) is 0 Å². The lowest BCUT2D eigenvalue weighted by Crippen LogP contribution is -2.32. The van der Waals surface area contributed by atoms with Crippen LogP contribution >= 0.6 is 0 Å². The number of carbonyl (C=O) groups excluding carboxylic acids is 1. The Labute approximate surface area is 217 Å². The summed E-state index contributed by atoms with van der Waals surface area (Å²) in [5.74, 6) is -2.57. The minimum atomic E-state index is -4.40. The molecule has 3 N–H and O–H groups in total. The van der Waals surface area contributed by atoms with Crippen LogP contribution in [-0.2, 0) is 21.4 Å². The summed E-state index contributed by atoms with van der Waals surface area (Å²) < 4.78 is 55.9. The van der Waals surface area contributed by atoms with Crippen LogP contribution in [0.5, 0.6) is 0 Å². The quantitative estimate of drug-likeness (QED) is 0.354. The molecule has 0 spiro atoms. The van der Waals surface area contributed by atoms with Crippen molar-refractivity contribution in [1.82, 2.24) is 4.98 Å². The van der Waals surface area contributed by atoms with Crippen molar-refractivity contribution in [3.63, 3.8) is 0 Å². The van der Waals surface area contributed by atoms with Gasteiger partial charge in [-0.25, -0.2) is 17.8 Å². The first kappa shape index (κ1) is 29.9. The zero-order valence-electron chi connectivity index (χ0n) is 21.8. The van der Waals surface area contributed by atoms with Gasteiger partial charge in [-0.2, -0.15) is 4.39 Å². The van der Waals surface area contributed by atoms with Gasteiger partial charge in [-0.05, 0) is 54.8 Å². The zero-order valence-corrected chi connectivity index (χ0v) is 22.6. The predicted molar refractivity (Wildman–Crippen MR) is 143 cm³/mol. The number of pyridine rings is 1. The molecular formula is C27H34F2N4O3S. The second-order valence-corrected chi connectivity index (χ2v) is 10.2. The molecule has 1 amide bonds. The highest BCUT2D eigenvalue weighted by molar-refractivity contribution is 7.92. The third-order valence-corrected chi connectivity index (χ3v) is 7.02. The van der Waals surface area contributed by atoms with Gasteiger partial charge in [0.15, 0.2) is 0 Å². The molecular weight excluding hydrogens is 498 g/mol. The van der Waals surface area contributed by atoms with E-state index in [4.69, 9.17) is 5.73 Å². The summed E-state index contributed by atoms with van der Waals surface area (Å²) >= 11 is 0. The predicted octanol–water partition coefficient (Wildman–Crippen LogP) is 5.85. The van der Waals surface area contributed by atoms with Crippen molar-refractivity contribution in [2.45, 2.75) is 64.9 Å². The minimum Gasteiger partial charge on any atom is -0.326 e. The van der Waals surface area contributed by atoms with Crippen LogP contribution in [0.1, 0.15) is 63.3 Å². The highest BCUT2D eigenvalue weighted by atomic mass is 32.2. The number of unbranched alkanes of at least 4 members (excludes halogenated alkanes) is 1. The van der Waals surface area contributed by atoms with Gasteiger partial charge >= 0.3 is 0 Å². The molecule has 0 saturated heterocycles. The van der Waals surface area contributed by atoms with Crippen molar-refractivity contribution in [2.75, 3.05) is 9.62 Å². The third-order valence-electron chi connectivity index (χ3n) is 5.65. The summed E-state index contributed by atoms with van der Waals surface area (Å²) in [5, 5.41) is 0. The number of amides is 1. The summed E-state index contributed by atoms with van der Waals surface area (Å²) in [6.45, 7) is 9.40. The van der Waals surface area contributed by atoms with Crippen molar-refractivity contribution in [2.24, 2.45) is 5.73 Å². The van der Waals surface area contributed by atoms with Gasteiger partial charge < -0.3 is 10.6 Å². The van der Waals surface area contributed by atoms with Crippen molar-refractivity contribution in [3.8, 4) is 0 Å². The van der Waals surface area contributed by atoms with Gasteiger partial charge in [-0.15, -0.1) is 0 Å². The maximum absolute atomic E-state index is 15.0. The Morgan fingerprint density at radius 3 is 2.30 bits per heavy atom. The van der Waals surface area contributed by atoms with E-state index in [0.29, 0.717) is 12.1 Å². The van der Waals surface area contributed by atoms with Crippen molar-refractivity contribution >= 4 is 27.4 Å². The van der Waals surface area contributed by atoms with E-state index >= 15 is 4.39 Å². The fraction of sp³-hybridized carbons (Fsp3) is 0.333. The number of aromatic nitrogens is 1. The van der Waals surface area contributed by atoms with Gasteiger partial charge in [-0.3, -0.25) is 9.52 Å². The molecule has 0 saturated carbocycles. The summed E-state index contributed by atoms with van der Waals surface area (Å²) in [6, 6.07) is 12.6. The van der Waals surface area contributed by atoms with Gasteiger partial charge in [0.2, 0.25) is 11.9 Å². The average molecular weight is 533 g/mol. The molecule has 0 fully saturated rings. The molecule has 0 aliphatic rings. The van der Waals surface area contributed by atoms with Crippen LogP contribution in [0.25, 0.3) is 0 Å². The monoisotopic (exact) mass is 532 g/mol. The van der Waals surface area contributed by atoms with Crippen molar-refractivity contribution < 1.29 is 22.0 Å². The number of nitrogens with one attached hydrogen (secondary N) is 1. The smallest absolute Gasteiger partial charge is 0.265 e. The number of hydrogen-bond donors (Lipinski definition) is 2. The number of anilines is 2. The van der Waals surface area contributed by atoms with E-state index in [1.54, 1.807) is 13.8 Å². The number of benzene rings is 2. The number of halogens is 2. The Hall–Kier alpha value is -3.37. The van der Waals surface area contributed by atoms with Gasteiger partial charge in [0, 0.05) is 13.5 Å². The maximum Gasteiger partial charge on any atom is 0.265 e. The molecule has 1 atom stereocenters. The number of rotatable bonds is 8. The highest BCUT2D eigenvalue weighted by Gasteiger charge is 2.27. The first-order valence-corrected chi connectivity index (χ1v) is 13.5. The summed E-state index contributed by atoms with van der Waals surface area (Å²) in [5.41, 5.74) is 7.98. The van der Waals surface area contributed by atoms with E-state index in [1.165, 1.54) is 36.8 Å². The molecule has 7 nitrogen and oxygen atoms in total. The zero-order chi connectivity index (χ0) is 27.8. The third kappa shape index (κ3) is 7.80. The molecule has 0 radical (unpaired) electrons. The second-order valence-electron chi connectivity index (χ2n) is 8.53. The normalized spacial score (nSPS) is 11.8. The largest absolute Gasteiger partial charge is 0.326 e. The number of aryl methyl sites for hydroxylation is 1. The summed E-state index contributed by atoms with van der Waals surface area (Å²) in [7, 11) is -4.40. The minimum absolute atomic E-state index is 0.230. The molecule has 3 aromatic rings. The van der Waals surface area contributed by atoms with Crippen LogP contribution < -0.4 is 15.4 Å². The standard InChI is InChI=1S/C23H24F2N4O3S.C4H10/c1-14-10-21(33(31,32)28-23-9-5-8-22(25)27-23)19(24)12-20(14)29(16(3)30)15(2)18-7-4-6-17(11-18)13-26;1-3-4-2/h4-12,15H,13,26H2,1-3H3,(H,27,28);3-4H2,1-2H3/t15-;/m1./s1. The Morgan fingerprint density at radius 1 is 1.08 bits per heavy atom. The Kier molecular flexibility index (Phi) is 10.7. The van der Waals surface area contributed by atoms with E-state index in [9.17, 15) is 17.6 Å². The van der Waals surface area contributed by atoms with E-state index in [-0.39, 0.29) is 17.4 Å². The number of nitrogens with two attached hydrogens (primary N) is 1. The van der Waals surface area contributed by atoms with Crippen molar-refractivity contribution in [3.05, 3.63) is 83.1 Å². The molecule has 3 rings (SSSR count). The summed E-state index contributed by atoms with van der Waals surface area (Å²) in [4.78, 5) is 16.7. The molecule has 1 heterocycles. The number of nitrogens with zero attached hydrogens (tertiary/aromatic N) is 2. The van der Waals surface area contributed by atoms with Crippen LogP contribution in [-0.4, -0.2) is 19.3 Å². The van der Waals surface area contributed by atoms with Crippen molar-refractivity contribution in [1.29, 1.82) is 0 Å². The first-order valence-electron chi connectivity index (χ1n) is 12.0. The Balaban J connectivity index is 0.00000112. The van der Waals surface area contributed by atoms with E-state index in [1.807, 2.05) is 24.3 Å². The second kappa shape index (κ2) is 13.3. The van der Waals surface area contributed by atoms with Gasteiger partial charge in [-0.1, -0.05) is 57.0 Å². The fourth-order valence-electron chi connectivity index (χ4n) is 3.55. The Bertz CT molecular complexity index is 1330. The van der Waals surface area contributed by atoms with Crippen LogP contribution in [0, 0.1) is 18.7 Å². The van der Waals surface area contributed by atoms with Gasteiger partial charge in [0.05, 0.1) is 11.7 Å². The van der Waals surface area contributed by atoms with E-state index in [0.717, 1.165) is 29.3 Å². The van der Waals surface area contributed by atoms with Crippen LogP contribution in [0.15, 0.2) is 59.5 Å². The molecule has 0 aliphatic carbocycles. The average Bonchev–Trinajstić information content (AvgIpc) is 2.85. The molecule has 0 unspecified atom stereocenters. The van der Waals surface area contributed by atoms with Gasteiger partial charge in [0.1, 0.15) is 16.5 Å². The molecule has 0 bridgehead atoms. The highest BCUT2D eigenvalue weighted by Crippen LogP contribution is 2.33. The molecule has 10 heteroatoms. The van der Waals surface area contributed by atoms with E-state index in [2.05, 4.69) is 23.6 Å². The van der Waals surface area contributed by atoms with E-state index < -0.39 is 32.7 Å². The SMILES string of the molecule is CC(=O)N(c1cc(F)c(S(=O)(=O)Nc2cccc(F)n2)cc1C)[C@H](C)c1cccc(CN)c1.CCCC. The molecule has 2 aromatic carbocycles. The molecule has 0 aliphatic heterocycles. The number of sulfonamides is 1. The Morgan fingerprint density at radius 2 is 1.73 bits per heavy atom. The molecule has 37 heavy (non-hydrogen) atoms. The molecule has 200 valence electrons. The lowest BCUT2D eigenvalue weighted by molar-refractivity contribution is -0.117. The lowest BCUT2D eigenvalue weighted by Gasteiger charge is -2.30. The topological polar surface area (TPSA) is 105 Å². The molecule has 1 aromatic heterocycles. The van der Waals surface area contributed by atoms with Crippen LogP contribution in [0.3, 0.4) is 0 Å². The lowest BCUT2D eigenvalue weighted by atomic mass is 10.0. The summed E-state index contributed by atoms with van der Waals surface area (Å²) in [6.07, 6.45) is 2.64.